The van der Waals surface area contributed by atoms with Crippen LogP contribution in [0.1, 0.15) is 18.4 Å². The van der Waals surface area contributed by atoms with Gasteiger partial charge in [-0.3, -0.25) is 9.89 Å². The lowest BCUT2D eigenvalue weighted by molar-refractivity contribution is -0.120. The number of carbonyl (C=O) groups excluding carboxylic acids is 1. The lowest BCUT2D eigenvalue weighted by Crippen LogP contribution is -2.37. The highest BCUT2D eigenvalue weighted by molar-refractivity contribution is 5.80. The van der Waals surface area contributed by atoms with Crippen LogP contribution in [0.4, 0.5) is 5.82 Å². The molecule has 2 aromatic carbocycles. The summed E-state index contributed by atoms with van der Waals surface area (Å²) in [6.45, 7) is 0.631. The van der Waals surface area contributed by atoms with E-state index in [0.717, 1.165) is 34.9 Å². The van der Waals surface area contributed by atoms with E-state index in [2.05, 4.69) is 33.7 Å². The minimum Gasteiger partial charge on any atom is -0.312 e. The first-order chi connectivity index (χ1) is 12.8. The van der Waals surface area contributed by atoms with Crippen molar-refractivity contribution in [3.05, 3.63) is 84.2 Å². The monoisotopic (exact) mass is 344 g/mol. The fraction of sp³-hybridized carbons (Fsp3) is 0.143. The number of hydrogen-bond acceptors (Lipinski definition) is 3. The minimum atomic E-state index is 0.0411. The van der Waals surface area contributed by atoms with E-state index < -0.39 is 0 Å². The molecule has 4 rings (SSSR count). The van der Waals surface area contributed by atoms with Crippen LogP contribution >= 0.6 is 0 Å². The Labute approximate surface area is 152 Å². The average molecular weight is 344 g/mol. The summed E-state index contributed by atoms with van der Waals surface area (Å²) in [5.41, 5.74) is 3.17. The number of amides is 1. The van der Waals surface area contributed by atoms with Crippen molar-refractivity contribution in [2.45, 2.75) is 19.4 Å². The van der Waals surface area contributed by atoms with Gasteiger partial charge in [0.2, 0.25) is 5.91 Å². The summed E-state index contributed by atoms with van der Waals surface area (Å²) in [4.78, 5) is 13.9. The number of aromatic nitrogens is 2. The van der Waals surface area contributed by atoms with Crippen LogP contribution in [0.15, 0.2) is 78.6 Å². The number of allylic oxidation sites excluding steroid dienone is 1. The summed E-state index contributed by atoms with van der Waals surface area (Å²) < 4.78 is 0. The Bertz CT molecular complexity index is 915. The Kier molecular flexibility index (Phi) is 4.51. The van der Waals surface area contributed by atoms with Gasteiger partial charge in [0.05, 0.1) is 12.2 Å². The standard InChI is InChI=1S/C21H20N4O/c26-21-13-7-12-19(22-21)25(15-16-8-3-1-4-9-16)20-14-18(23-24-20)17-10-5-2-6-11-17/h1-6,8-12,14H,7,13,15H2,(H,22,26)(H,23,24). The number of nitrogens with zero attached hydrogens (tertiary/aromatic N) is 2. The third-order valence-corrected chi connectivity index (χ3v) is 4.38. The molecule has 2 heterocycles. The van der Waals surface area contributed by atoms with Crippen LogP contribution in [0.5, 0.6) is 0 Å². The molecule has 0 unspecified atom stereocenters. The van der Waals surface area contributed by atoms with E-state index in [1.54, 1.807) is 0 Å². The van der Waals surface area contributed by atoms with Gasteiger partial charge in [-0.15, -0.1) is 0 Å². The van der Waals surface area contributed by atoms with Crippen molar-refractivity contribution >= 4 is 11.7 Å². The molecule has 130 valence electrons. The third kappa shape index (κ3) is 3.52. The molecular weight excluding hydrogens is 324 g/mol. The van der Waals surface area contributed by atoms with Crippen molar-refractivity contribution in [2.75, 3.05) is 4.90 Å². The van der Waals surface area contributed by atoms with Gasteiger partial charge >= 0.3 is 0 Å². The Morgan fingerprint density at radius 1 is 1.00 bits per heavy atom. The highest BCUT2D eigenvalue weighted by Crippen LogP contribution is 2.26. The van der Waals surface area contributed by atoms with Crippen molar-refractivity contribution in [3.63, 3.8) is 0 Å². The Hall–Kier alpha value is -3.34. The SMILES string of the molecule is O=C1CCC=C(N(Cc2ccccc2)c2cc(-c3ccccc3)[nH]n2)N1. The van der Waals surface area contributed by atoms with Gasteiger partial charge in [0.25, 0.3) is 0 Å². The molecule has 1 amide bonds. The molecule has 1 aliphatic rings. The van der Waals surface area contributed by atoms with Gasteiger partial charge in [0.15, 0.2) is 5.82 Å². The molecule has 26 heavy (non-hydrogen) atoms. The van der Waals surface area contributed by atoms with Crippen LogP contribution in [0.25, 0.3) is 11.3 Å². The Morgan fingerprint density at radius 3 is 2.46 bits per heavy atom. The molecule has 0 aliphatic carbocycles. The van der Waals surface area contributed by atoms with E-state index in [1.165, 1.54) is 0 Å². The normalized spacial score (nSPS) is 13.8. The quantitative estimate of drug-likeness (QED) is 0.739. The molecule has 0 radical (unpaired) electrons. The van der Waals surface area contributed by atoms with E-state index in [-0.39, 0.29) is 5.91 Å². The number of aromatic amines is 1. The number of carbonyl (C=O) groups is 1. The lowest BCUT2D eigenvalue weighted by Gasteiger charge is -2.27. The number of rotatable bonds is 5. The molecule has 1 aliphatic heterocycles. The summed E-state index contributed by atoms with van der Waals surface area (Å²) in [7, 11) is 0. The summed E-state index contributed by atoms with van der Waals surface area (Å²) in [5.74, 6) is 1.61. The second-order valence-corrected chi connectivity index (χ2v) is 6.25. The molecule has 5 heteroatoms. The molecule has 0 saturated heterocycles. The first-order valence-corrected chi connectivity index (χ1v) is 8.72. The molecule has 0 fully saturated rings. The van der Waals surface area contributed by atoms with Crippen LogP contribution in [0.2, 0.25) is 0 Å². The third-order valence-electron chi connectivity index (χ3n) is 4.38. The predicted molar refractivity (Wildman–Crippen MR) is 102 cm³/mol. The van der Waals surface area contributed by atoms with Gasteiger partial charge in [-0.25, -0.2) is 0 Å². The molecule has 2 N–H and O–H groups in total. The minimum absolute atomic E-state index is 0.0411. The highest BCUT2D eigenvalue weighted by Gasteiger charge is 2.20. The predicted octanol–water partition coefficient (Wildman–Crippen LogP) is 3.83. The molecule has 5 nitrogen and oxygen atoms in total. The maximum atomic E-state index is 11.9. The zero-order valence-corrected chi connectivity index (χ0v) is 14.4. The largest absolute Gasteiger partial charge is 0.312 e. The molecule has 0 atom stereocenters. The van der Waals surface area contributed by atoms with Gasteiger partial charge in [0.1, 0.15) is 5.82 Å². The first-order valence-electron chi connectivity index (χ1n) is 8.72. The molecule has 1 aromatic heterocycles. The van der Waals surface area contributed by atoms with Crippen LogP contribution in [0.3, 0.4) is 0 Å². The highest BCUT2D eigenvalue weighted by atomic mass is 16.1. The van der Waals surface area contributed by atoms with Gasteiger partial charge in [0, 0.05) is 12.5 Å². The van der Waals surface area contributed by atoms with E-state index in [4.69, 9.17) is 0 Å². The topological polar surface area (TPSA) is 61.0 Å². The van der Waals surface area contributed by atoms with E-state index in [1.807, 2.05) is 59.5 Å². The average Bonchev–Trinajstić information content (AvgIpc) is 3.17. The first kappa shape index (κ1) is 16.1. The maximum Gasteiger partial charge on any atom is 0.225 e. The van der Waals surface area contributed by atoms with Crippen LogP contribution in [-0.4, -0.2) is 16.1 Å². The zero-order valence-electron chi connectivity index (χ0n) is 14.4. The lowest BCUT2D eigenvalue weighted by atomic mass is 10.1. The number of benzene rings is 2. The number of hydrogen-bond donors (Lipinski definition) is 2. The number of H-pyrrole nitrogens is 1. The van der Waals surface area contributed by atoms with Gasteiger partial charge < -0.3 is 10.2 Å². The molecule has 0 spiro atoms. The smallest absolute Gasteiger partial charge is 0.225 e. The molecule has 0 saturated carbocycles. The Morgan fingerprint density at radius 2 is 1.73 bits per heavy atom. The summed E-state index contributed by atoms with van der Waals surface area (Å²) >= 11 is 0. The summed E-state index contributed by atoms with van der Waals surface area (Å²) in [6.07, 6.45) is 3.32. The zero-order chi connectivity index (χ0) is 17.8. The second kappa shape index (κ2) is 7.27. The van der Waals surface area contributed by atoms with E-state index in [0.29, 0.717) is 13.0 Å². The number of nitrogens with one attached hydrogen (secondary N) is 2. The van der Waals surface area contributed by atoms with Crippen molar-refractivity contribution in [2.24, 2.45) is 0 Å². The van der Waals surface area contributed by atoms with Crippen LogP contribution in [-0.2, 0) is 11.3 Å². The van der Waals surface area contributed by atoms with Crippen molar-refractivity contribution in [1.29, 1.82) is 0 Å². The van der Waals surface area contributed by atoms with Gasteiger partial charge in [-0.2, -0.15) is 5.10 Å². The van der Waals surface area contributed by atoms with Crippen molar-refractivity contribution in [3.8, 4) is 11.3 Å². The van der Waals surface area contributed by atoms with Gasteiger partial charge in [-0.05, 0) is 23.6 Å². The van der Waals surface area contributed by atoms with Crippen LogP contribution < -0.4 is 10.2 Å². The number of anilines is 1. The van der Waals surface area contributed by atoms with E-state index in [9.17, 15) is 4.79 Å². The molecule has 0 bridgehead atoms. The van der Waals surface area contributed by atoms with Crippen molar-refractivity contribution < 1.29 is 4.79 Å². The molecule has 3 aromatic rings. The summed E-state index contributed by atoms with van der Waals surface area (Å²) in [6, 6.07) is 22.3. The fourth-order valence-electron chi connectivity index (χ4n) is 3.04. The van der Waals surface area contributed by atoms with Crippen LogP contribution in [0, 0.1) is 0 Å². The molecular formula is C21H20N4O. The van der Waals surface area contributed by atoms with Crippen molar-refractivity contribution in [1.82, 2.24) is 15.5 Å². The van der Waals surface area contributed by atoms with E-state index >= 15 is 0 Å². The maximum absolute atomic E-state index is 11.9. The fourth-order valence-corrected chi connectivity index (χ4v) is 3.04. The van der Waals surface area contributed by atoms with Gasteiger partial charge in [-0.1, -0.05) is 60.7 Å². The summed E-state index contributed by atoms with van der Waals surface area (Å²) in [5, 5.41) is 10.6. The second-order valence-electron chi connectivity index (χ2n) is 6.25. The Balaban J connectivity index is 1.67.